The Kier molecular flexibility index (Phi) is 8.18. The first kappa shape index (κ1) is 26.1. The molecule has 0 aliphatic heterocycles. The summed E-state index contributed by atoms with van der Waals surface area (Å²) in [7, 11) is 4.04. The largest absolute Gasteiger partial charge is 0.362 e. The van der Waals surface area contributed by atoms with Gasteiger partial charge >= 0.3 is 0 Å². The molecule has 198 valence electrons. The van der Waals surface area contributed by atoms with Crippen LogP contribution in [-0.4, -0.2) is 43.2 Å². The monoisotopic (exact) mass is 511 g/mol. The molecule has 1 heterocycles. The second-order valence-electron chi connectivity index (χ2n) is 10.8. The van der Waals surface area contributed by atoms with Gasteiger partial charge in [0.25, 0.3) is 0 Å². The molecule has 1 fully saturated rings. The minimum atomic E-state index is -0.153. The molecule has 1 atom stereocenters. The van der Waals surface area contributed by atoms with E-state index in [0.717, 1.165) is 53.8 Å². The molecule has 5 nitrogen and oxygen atoms in total. The van der Waals surface area contributed by atoms with E-state index in [2.05, 4.69) is 29.7 Å². The summed E-state index contributed by atoms with van der Waals surface area (Å²) in [6.07, 6.45) is 4.57. The van der Waals surface area contributed by atoms with Crippen molar-refractivity contribution in [2.75, 3.05) is 37.4 Å². The minimum absolute atomic E-state index is 0.153. The van der Waals surface area contributed by atoms with Crippen LogP contribution in [0.15, 0.2) is 72.8 Å². The van der Waals surface area contributed by atoms with Crippen molar-refractivity contribution in [1.82, 2.24) is 15.3 Å². The maximum atomic E-state index is 14.8. The van der Waals surface area contributed by atoms with E-state index in [-0.39, 0.29) is 11.7 Å². The summed E-state index contributed by atoms with van der Waals surface area (Å²) < 4.78 is 14.8. The number of anilines is 2. The maximum absolute atomic E-state index is 14.8. The highest BCUT2D eigenvalue weighted by Crippen LogP contribution is 2.29. The molecule has 5 rings (SSSR count). The van der Waals surface area contributed by atoms with Crippen molar-refractivity contribution in [2.24, 2.45) is 5.92 Å². The number of aromatic nitrogens is 2. The average molecular weight is 512 g/mol. The molecule has 0 saturated heterocycles. The Labute approximate surface area is 225 Å². The molecule has 1 saturated carbocycles. The van der Waals surface area contributed by atoms with E-state index in [9.17, 15) is 4.39 Å². The first-order valence-corrected chi connectivity index (χ1v) is 13.7. The Morgan fingerprint density at radius 3 is 2.39 bits per heavy atom. The molecule has 4 aromatic rings. The predicted octanol–water partition coefficient (Wildman–Crippen LogP) is 6.87. The van der Waals surface area contributed by atoms with Gasteiger partial charge in [0.05, 0.1) is 5.52 Å². The molecule has 1 aliphatic rings. The normalized spacial score (nSPS) is 18.3. The lowest BCUT2D eigenvalue weighted by atomic mass is 9.86. The Morgan fingerprint density at radius 2 is 1.66 bits per heavy atom. The first-order valence-electron chi connectivity index (χ1n) is 13.7. The zero-order valence-corrected chi connectivity index (χ0v) is 22.6. The van der Waals surface area contributed by atoms with Gasteiger partial charge < -0.3 is 15.5 Å². The van der Waals surface area contributed by atoms with Gasteiger partial charge in [-0.2, -0.15) is 4.98 Å². The molecule has 0 radical (unpaired) electrons. The van der Waals surface area contributed by atoms with Gasteiger partial charge in [0.1, 0.15) is 11.6 Å². The summed E-state index contributed by atoms with van der Waals surface area (Å²) in [6.45, 7) is 4.01. The second kappa shape index (κ2) is 11.9. The van der Waals surface area contributed by atoms with E-state index in [4.69, 9.17) is 9.97 Å². The van der Waals surface area contributed by atoms with Gasteiger partial charge in [0.15, 0.2) is 0 Å². The lowest BCUT2D eigenvalue weighted by Gasteiger charge is -2.30. The van der Waals surface area contributed by atoms with Crippen LogP contribution in [0.5, 0.6) is 0 Å². The van der Waals surface area contributed by atoms with E-state index in [1.807, 2.05) is 73.6 Å². The molecule has 0 amide bonds. The molecule has 0 bridgehead atoms. The number of hydrogen-bond donors (Lipinski definition) is 2. The van der Waals surface area contributed by atoms with Crippen LogP contribution >= 0.6 is 0 Å². The Morgan fingerprint density at radius 1 is 0.921 bits per heavy atom. The number of fused-ring (bicyclic) bond motifs is 1. The zero-order valence-electron chi connectivity index (χ0n) is 22.6. The molecule has 6 heteroatoms. The fourth-order valence-corrected chi connectivity index (χ4v) is 5.47. The highest BCUT2D eigenvalue weighted by atomic mass is 19.1. The third-order valence-corrected chi connectivity index (χ3v) is 7.72. The van der Waals surface area contributed by atoms with Crippen LogP contribution in [0, 0.1) is 11.7 Å². The van der Waals surface area contributed by atoms with Crippen molar-refractivity contribution in [1.29, 1.82) is 0 Å². The second-order valence-corrected chi connectivity index (χ2v) is 10.8. The Hall–Kier alpha value is -3.51. The standard InChI is InChI=1S/C32H38FN5/c1-22(25-15-18-27(29(33)19-25)24-9-5-4-6-10-24)20-34-21-23-13-16-26(17-14-23)35-32-36-30-12-8-7-11-28(30)31(37-32)38(2)3/h4-12,15,18-19,22-23,26,34H,13-14,16-17,20-21H2,1-3H3,(H,35,36,37)/t22-,23?,26?/m1/s1. The summed E-state index contributed by atoms with van der Waals surface area (Å²) in [5, 5.41) is 8.32. The van der Waals surface area contributed by atoms with E-state index in [1.165, 1.54) is 12.8 Å². The highest BCUT2D eigenvalue weighted by molar-refractivity contribution is 5.90. The fraction of sp³-hybridized carbons (Fsp3) is 0.375. The molecule has 0 spiro atoms. The third-order valence-electron chi connectivity index (χ3n) is 7.72. The van der Waals surface area contributed by atoms with Gasteiger partial charge in [-0.05, 0) is 73.4 Å². The number of benzene rings is 3. The van der Waals surface area contributed by atoms with Gasteiger partial charge in [0.2, 0.25) is 5.95 Å². The topological polar surface area (TPSA) is 53.1 Å². The summed E-state index contributed by atoms with van der Waals surface area (Å²) in [5.41, 5.74) is 3.58. The SMILES string of the molecule is C[C@H](CNCC1CCC(Nc2nc(N(C)C)c3ccccc3n2)CC1)c1ccc(-c2ccccc2)c(F)c1. The van der Waals surface area contributed by atoms with Crippen LogP contribution in [0.4, 0.5) is 16.2 Å². The van der Waals surface area contributed by atoms with Crippen LogP contribution in [0.25, 0.3) is 22.0 Å². The number of rotatable bonds is 9. The quantitative estimate of drug-likeness (QED) is 0.257. The molecular weight excluding hydrogens is 473 g/mol. The van der Waals surface area contributed by atoms with E-state index in [0.29, 0.717) is 23.5 Å². The van der Waals surface area contributed by atoms with Crippen molar-refractivity contribution in [3.05, 3.63) is 84.2 Å². The van der Waals surface area contributed by atoms with E-state index in [1.54, 1.807) is 6.07 Å². The van der Waals surface area contributed by atoms with Crippen molar-refractivity contribution in [3.63, 3.8) is 0 Å². The van der Waals surface area contributed by atoms with Gasteiger partial charge in [-0.15, -0.1) is 0 Å². The molecule has 3 aromatic carbocycles. The summed E-state index contributed by atoms with van der Waals surface area (Å²) >= 11 is 0. The van der Waals surface area contributed by atoms with Gasteiger partial charge in [-0.3, -0.25) is 0 Å². The molecular formula is C32H38FN5. The van der Waals surface area contributed by atoms with E-state index >= 15 is 0 Å². The molecule has 38 heavy (non-hydrogen) atoms. The smallest absolute Gasteiger partial charge is 0.225 e. The van der Waals surface area contributed by atoms with E-state index < -0.39 is 0 Å². The lowest BCUT2D eigenvalue weighted by molar-refractivity contribution is 0.322. The van der Waals surface area contributed by atoms with Gasteiger partial charge in [0, 0.05) is 37.6 Å². The van der Waals surface area contributed by atoms with Gasteiger partial charge in [-0.1, -0.05) is 61.5 Å². The minimum Gasteiger partial charge on any atom is -0.362 e. The molecule has 2 N–H and O–H groups in total. The van der Waals surface area contributed by atoms with Crippen molar-refractivity contribution < 1.29 is 4.39 Å². The lowest BCUT2D eigenvalue weighted by Crippen LogP contribution is -2.33. The van der Waals surface area contributed by atoms with Crippen LogP contribution in [0.1, 0.15) is 44.1 Å². The number of hydrogen-bond acceptors (Lipinski definition) is 5. The number of para-hydroxylation sites is 1. The highest BCUT2D eigenvalue weighted by Gasteiger charge is 2.22. The zero-order chi connectivity index (χ0) is 26.5. The summed E-state index contributed by atoms with van der Waals surface area (Å²) in [5.74, 6) is 2.42. The summed E-state index contributed by atoms with van der Waals surface area (Å²) in [6, 6.07) is 24.0. The number of halogens is 1. The molecule has 1 aliphatic carbocycles. The first-order chi connectivity index (χ1) is 18.5. The van der Waals surface area contributed by atoms with Crippen LogP contribution in [0.2, 0.25) is 0 Å². The van der Waals surface area contributed by atoms with Gasteiger partial charge in [-0.25, -0.2) is 9.37 Å². The van der Waals surface area contributed by atoms with Crippen molar-refractivity contribution in [3.8, 4) is 11.1 Å². The Balaban J connectivity index is 1.09. The fourth-order valence-electron chi connectivity index (χ4n) is 5.47. The van der Waals surface area contributed by atoms with Crippen molar-refractivity contribution >= 4 is 22.7 Å². The van der Waals surface area contributed by atoms with Crippen LogP contribution < -0.4 is 15.5 Å². The van der Waals surface area contributed by atoms with Crippen LogP contribution in [0.3, 0.4) is 0 Å². The third kappa shape index (κ3) is 6.13. The maximum Gasteiger partial charge on any atom is 0.225 e. The average Bonchev–Trinajstić information content (AvgIpc) is 2.94. The number of nitrogens with one attached hydrogen (secondary N) is 2. The number of nitrogens with zero attached hydrogens (tertiary/aromatic N) is 3. The predicted molar refractivity (Wildman–Crippen MR) is 156 cm³/mol. The molecule has 0 unspecified atom stereocenters. The van der Waals surface area contributed by atoms with Crippen molar-refractivity contribution in [2.45, 2.75) is 44.6 Å². The summed E-state index contributed by atoms with van der Waals surface area (Å²) in [4.78, 5) is 11.6. The van der Waals surface area contributed by atoms with Crippen LogP contribution in [-0.2, 0) is 0 Å². The Bertz CT molecular complexity index is 1350. The molecule has 1 aromatic heterocycles.